The number of hydrogen-bond acceptors (Lipinski definition) is 2. The van der Waals surface area contributed by atoms with Crippen LogP contribution in [0, 0.1) is 5.92 Å². The summed E-state index contributed by atoms with van der Waals surface area (Å²) in [6.07, 6.45) is -2.24. The minimum absolute atomic E-state index is 0.0956. The molecule has 1 aliphatic rings. The Hall–Kier alpha value is -1.07. The van der Waals surface area contributed by atoms with Crippen LogP contribution in [0.1, 0.15) is 36.9 Å². The van der Waals surface area contributed by atoms with Gasteiger partial charge in [0.05, 0.1) is 17.7 Å². The smallest absolute Gasteiger partial charge is 0.376 e. The molecule has 0 bridgehead atoms. The molecule has 19 heavy (non-hydrogen) atoms. The van der Waals surface area contributed by atoms with Gasteiger partial charge in [-0.2, -0.15) is 13.2 Å². The maximum Gasteiger partial charge on any atom is 0.416 e. The van der Waals surface area contributed by atoms with E-state index in [0.717, 1.165) is 25.0 Å². The minimum atomic E-state index is -4.31. The molecule has 2 atom stereocenters. The molecule has 0 aliphatic heterocycles. The molecule has 0 saturated heterocycles. The van der Waals surface area contributed by atoms with Crippen molar-refractivity contribution in [2.24, 2.45) is 11.7 Å². The first-order valence-corrected chi connectivity index (χ1v) is 6.47. The number of benzene rings is 1. The standard InChI is InChI=1S/C14H18F3NO/c1-2-19-13(10-3-4-10)12(18)9-5-7-11(8-6-9)14(15,16)17/h5-8,10,12-13H,2-4,18H2,1H3. The van der Waals surface area contributed by atoms with Gasteiger partial charge in [0, 0.05) is 6.61 Å². The van der Waals surface area contributed by atoms with Gasteiger partial charge in [0.1, 0.15) is 0 Å². The van der Waals surface area contributed by atoms with Gasteiger partial charge in [0.2, 0.25) is 0 Å². The van der Waals surface area contributed by atoms with Gasteiger partial charge in [-0.1, -0.05) is 12.1 Å². The third-order valence-electron chi connectivity index (χ3n) is 3.42. The summed E-state index contributed by atoms with van der Waals surface area (Å²) in [6, 6.07) is 4.68. The second-order valence-electron chi connectivity index (χ2n) is 4.90. The molecule has 1 aromatic carbocycles. The van der Waals surface area contributed by atoms with E-state index in [1.54, 1.807) is 0 Å². The van der Waals surface area contributed by atoms with Gasteiger partial charge < -0.3 is 10.5 Å². The lowest BCUT2D eigenvalue weighted by atomic mass is 9.98. The number of rotatable bonds is 5. The lowest BCUT2D eigenvalue weighted by Gasteiger charge is -2.24. The van der Waals surface area contributed by atoms with Crippen molar-refractivity contribution in [2.45, 2.75) is 38.1 Å². The van der Waals surface area contributed by atoms with E-state index in [9.17, 15) is 13.2 Å². The fourth-order valence-corrected chi connectivity index (χ4v) is 2.23. The van der Waals surface area contributed by atoms with Crippen LogP contribution in [-0.2, 0) is 10.9 Å². The molecule has 0 spiro atoms. The predicted octanol–water partition coefficient (Wildman–Crippen LogP) is 3.52. The minimum Gasteiger partial charge on any atom is -0.376 e. The molecule has 0 amide bonds. The molecule has 0 heterocycles. The second-order valence-corrected chi connectivity index (χ2v) is 4.90. The van der Waals surface area contributed by atoms with Crippen molar-refractivity contribution in [1.29, 1.82) is 0 Å². The van der Waals surface area contributed by atoms with E-state index in [2.05, 4.69) is 0 Å². The van der Waals surface area contributed by atoms with Crippen LogP contribution in [0.4, 0.5) is 13.2 Å². The van der Waals surface area contributed by atoms with Crippen LogP contribution in [0.3, 0.4) is 0 Å². The van der Waals surface area contributed by atoms with Gasteiger partial charge >= 0.3 is 6.18 Å². The molecule has 1 aliphatic carbocycles. The lowest BCUT2D eigenvalue weighted by Crippen LogP contribution is -2.31. The normalized spacial score (nSPS) is 19.2. The molecule has 2 N–H and O–H groups in total. The van der Waals surface area contributed by atoms with Crippen molar-refractivity contribution >= 4 is 0 Å². The molecular formula is C14H18F3NO. The topological polar surface area (TPSA) is 35.2 Å². The third kappa shape index (κ3) is 3.48. The van der Waals surface area contributed by atoms with Crippen LogP contribution in [0.15, 0.2) is 24.3 Å². The zero-order chi connectivity index (χ0) is 14.0. The summed E-state index contributed by atoms with van der Waals surface area (Å²) < 4.78 is 43.1. The maximum absolute atomic E-state index is 12.5. The number of nitrogens with two attached hydrogens (primary N) is 1. The first-order valence-electron chi connectivity index (χ1n) is 6.47. The highest BCUT2D eigenvalue weighted by Gasteiger charge is 2.37. The van der Waals surface area contributed by atoms with Crippen molar-refractivity contribution in [3.8, 4) is 0 Å². The summed E-state index contributed by atoms with van der Waals surface area (Å²) >= 11 is 0. The summed E-state index contributed by atoms with van der Waals surface area (Å²) in [5.41, 5.74) is 6.16. The Morgan fingerprint density at radius 3 is 2.26 bits per heavy atom. The van der Waals surface area contributed by atoms with Crippen molar-refractivity contribution in [1.82, 2.24) is 0 Å². The zero-order valence-corrected chi connectivity index (χ0v) is 10.8. The van der Waals surface area contributed by atoms with Gasteiger partial charge in [-0.15, -0.1) is 0 Å². The molecule has 106 valence electrons. The van der Waals surface area contributed by atoms with Gasteiger partial charge in [-0.3, -0.25) is 0 Å². The summed E-state index contributed by atoms with van der Waals surface area (Å²) in [6.45, 7) is 2.46. The van der Waals surface area contributed by atoms with E-state index < -0.39 is 11.7 Å². The van der Waals surface area contributed by atoms with Crippen LogP contribution < -0.4 is 5.73 Å². The first kappa shape index (κ1) is 14.3. The van der Waals surface area contributed by atoms with Gasteiger partial charge in [-0.05, 0) is 43.4 Å². The van der Waals surface area contributed by atoms with Crippen LogP contribution in [0.5, 0.6) is 0 Å². The monoisotopic (exact) mass is 273 g/mol. The molecule has 0 radical (unpaired) electrons. The lowest BCUT2D eigenvalue weighted by molar-refractivity contribution is -0.137. The molecule has 2 rings (SSSR count). The number of halogens is 3. The average Bonchev–Trinajstić information content (AvgIpc) is 3.18. The molecule has 1 aromatic rings. The van der Waals surface area contributed by atoms with Gasteiger partial charge in [-0.25, -0.2) is 0 Å². The second kappa shape index (κ2) is 5.51. The molecule has 5 heteroatoms. The Kier molecular flexibility index (Phi) is 4.16. The van der Waals surface area contributed by atoms with Crippen LogP contribution in [-0.4, -0.2) is 12.7 Å². The highest BCUT2D eigenvalue weighted by Crippen LogP contribution is 2.39. The van der Waals surface area contributed by atoms with E-state index in [0.29, 0.717) is 18.1 Å². The quantitative estimate of drug-likeness (QED) is 0.890. The summed E-state index contributed by atoms with van der Waals surface area (Å²) in [7, 11) is 0. The van der Waals surface area contributed by atoms with E-state index in [1.165, 1.54) is 12.1 Å². The predicted molar refractivity (Wildman–Crippen MR) is 66.5 cm³/mol. The number of hydrogen-bond donors (Lipinski definition) is 1. The largest absolute Gasteiger partial charge is 0.416 e. The van der Waals surface area contributed by atoms with Crippen LogP contribution >= 0.6 is 0 Å². The molecule has 2 unspecified atom stereocenters. The van der Waals surface area contributed by atoms with Crippen molar-refractivity contribution in [3.05, 3.63) is 35.4 Å². The molecule has 1 fully saturated rings. The van der Waals surface area contributed by atoms with E-state index in [4.69, 9.17) is 10.5 Å². The third-order valence-corrected chi connectivity index (χ3v) is 3.42. The molecule has 2 nitrogen and oxygen atoms in total. The van der Waals surface area contributed by atoms with E-state index in [1.807, 2.05) is 6.92 Å². The fraction of sp³-hybridized carbons (Fsp3) is 0.571. The molecule has 1 saturated carbocycles. The number of alkyl halides is 3. The fourth-order valence-electron chi connectivity index (χ4n) is 2.23. The zero-order valence-electron chi connectivity index (χ0n) is 10.8. The number of ether oxygens (including phenoxy) is 1. The molecular weight excluding hydrogens is 255 g/mol. The Labute approximate surface area is 110 Å². The Balaban J connectivity index is 2.12. The van der Waals surface area contributed by atoms with Gasteiger partial charge in [0.15, 0.2) is 0 Å². The SMILES string of the molecule is CCOC(C1CC1)C(N)c1ccc(C(F)(F)F)cc1. The van der Waals surface area contributed by atoms with E-state index >= 15 is 0 Å². The summed E-state index contributed by atoms with van der Waals surface area (Å²) in [5.74, 6) is 0.442. The highest BCUT2D eigenvalue weighted by molar-refractivity contribution is 5.27. The van der Waals surface area contributed by atoms with Crippen molar-refractivity contribution < 1.29 is 17.9 Å². The average molecular weight is 273 g/mol. The Morgan fingerprint density at radius 2 is 1.84 bits per heavy atom. The van der Waals surface area contributed by atoms with Crippen molar-refractivity contribution in [3.63, 3.8) is 0 Å². The maximum atomic E-state index is 12.5. The van der Waals surface area contributed by atoms with E-state index in [-0.39, 0.29) is 12.1 Å². The summed E-state index contributed by atoms with van der Waals surface area (Å²) in [5, 5.41) is 0. The van der Waals surface area contributed by atoms with Crippen molar-refractivity contribution in [2.75, 3.05) is 6.61 Å². The van der Waals surface area contributed by atoms with Crippen LogP contribution in [0.2, 0.25) is 0 Å². The van der Waals surface area contributed by atoms with Gasteiger partial charge in [0.25, 0.3) is 0 Å². The van der Waals surface area contributed by atoms with Crippen LogP contribution in [0.25, 0.3) is 0 Å². The Bertz CT molecular complexity index is 412. The Morgan fingerprint density at radius 1 is 1.26 bits per heavy atom. The molecule has 0 aromatic heterocycles. The highest BCUT2D eigenvalue weighted by atomic mass is 19.4. The summed E-state index contributed by atoms with van der Waals surface area (Å²) in [4.78, 5) is 0. The first-order chi connectivity index (χ1) is 8.93.